The van der Waals surface area contributed by atoms with E-state index < -0.39 is 17.6 Å². The Morgan fingerprint density at radius 2 is 1.73 bits per heavy atom. The smallest absolute Gasteiger partial charge is 0.273 e. The maximum absolute atomic E-state index is 13.7. The van der Waals surface area contributed by atoms with Crippen LogP contribution in [0, 0.1) is 19.7 Å². The van der Waals surface area contributed by atoms with E-state index in [0.29, 0.717) is 22.8 Å². The Bertz CT molecular complexity index is 724. The van der Waals surface area contributed by atoms with E-state index in [1.165, 1.54) is 19.2 Å². The van der Waals surface area contributed by atoms with Crippen molar-refractivity contribution in [3.8, 4) is 5.75 Å². The van der Waals surface area contributed by atoms with E-state index >= 15 is 0 Å². The molecule has 2 rings (SSSR count). The second-order valence-electron chi connectivity index (χ2n) is 4.58. The van der Waals surface area contributed by atoms with Crippen LogP contribution in [0.1, 0.15) is 32.2 Å². The molecule has 0 saturated carbocycles. The van der Waals surface area contributed by atoms with E-state index in [-0.39, 0.29) is 5.56 Å². The first-order chi connectivity index (χ1) is 10.4. The summed E-state index contributed by atoms with van der Waals surface area (Å²) in [5, 5.41) is 0. The highest BCUT2D eigenvalue weighted by molar-refractivity contribution is 5.99. The van der Waals surface area contributed by atoms with Crippen molar-refractivity contribution in [2.45, 2.75) is 13.8 Å². The molecule has 116 valence electrons. The zero-order valence-electron chi connectivity index (χ0n) is 12.3. The Labute approximate surface area is 126 Å². The minimum absolute atomic E-state index is 0.207. The van der Waals surface area contributed by atoms with Crippen molar-refractivity contribution in [1.82, 2.24) is 10.9 Å². The summed E-state index contributed by atoms with van der Waals surface area (Å²) >= 11 is 0. The molecule has 0 radical (unpaired) electrons. The van der Waals surface area contributed by atoms with Crippen LogP contribution in [0.4, 0.5) is 4.39 Å². The van der Waals surface area contributed by atoms with Gasteiger partial charge in [0.2, 0.25) is 0 Å². The van der Waals surface area contributed by atoms with Gasteiger partial charge in [-0.05, 0) is 32.0 Å². The van der Waals surface area contributed by atoms with Crippen LogP contribution < -0.4 is 15.6 Å². The van der Waals surface area contributed by atoms with E-state index in [2.05, 4.69) is 10.9 Å². The number of amides is 2. The van der Waals surface area contributed by atoms with Gasteiger partial charge in [-0.25, -0.2) is 4.39 Å². The predicted octanol–water partition coefficient (Wildman–Crippen LogP) is 2.12. The van der Waals surface area contributed by atoms with Crippen LogP contribution in [0.15, 0.2) is 28.7 Å². The number of hydrazine groups is 1. The van der Waals surface area contributed by atoms with Crippen LogP contribution in [-0.2, 0) is 0 Å². The molecular weight excluding hydrogens is 291 g/mol. The molecule has 2 amide bonds. The summed E-state index contributed by atoms with van der Waals surface area (Å²) in [5.41, 5.74) is 4.45. The normalized spacial score (nSPS) is 10.2. The molecule has 1 aromatic heterocycles. The lowest BCUT2D eigenvalue weighted by Gasteiger charge is -2.08. The van der Waals surface area contributed by atoms with Gasteiger partial charge in [0.15, 0.2) is 0 Å². The van der Waals surface area contributed by atoms with Crippen molar-refractivity contribution in [2.24, 2.45) is 0 Å². The average Bonchev–Trinajstić information content (AvgIpc) is 2.83. The van der Waals surface area contributed by atoms with Gasteiger partial charge in [0.1, 0.15) is 23.1 Å². The Balaban J connectivity index is 2.04. The number of carbonyl (C=O) groups is 2. The van der Waals surface area contributed by atoms with E-state index in [1.54, 1.807) is 19.9 Å². The summed E-state index contributed by atoms with van der Waals surface area (Å²) in [7, 11) is 1.39. The molecule has 0 bridgehead atoms. The Morgan fingerprint density at radius 1 is 1.09 bits per heavy atom. The highest BCUT2D eigenvalue weighted by Gasteiger charge is 2.16. The number of halogens is 1. The summed E-state index contributed by atoms with van der Waals surface area (Å²) in [5.74, 6) is -0.762. The van der Waals surface area contributed by atoms with Gasteiger partial charge in [-0.2, -0.15) is 0 Å². The number of hydrogen-bond acceptors (Lipinski definition) is 4. The van der Waals surface area contributed by atoms with Crippen LogP contribution in [0.5, 0.6) is 5.75 Å². The van der Waals surface area contributed by atoms with E-state index in [1.807, 2.05) is 0 Å². The fourth-order valence-electron chi connectivity index (χ4n) is 1.91. The van der Waals surface area contributed by atoms with Crippen LogP contribution >= 0.6 is 0 Å². The summed E-state index contributed by atoms with van der Waals surface area (Å²) in [6.07, 6.45) is 0. The quantitative estimate of drug-likeness (QED) is 0.851. The maximum atomic E-state index is 13.7. The lowest BCUT2D eigenvalue weighted by molar-refractivity contribution is 0.0843. The molecule has 2 aromatic rings. The fourth-order valence-corrected chi connectivity index (χ4v) is 1.91. The number of furan rings is 1. The Kier molecular flexibility index (Phi) is 4.45. The first-order valence-corrected chi connectivity index (χ1v) is 6.43. The summed E-state index contributed by atoms with van der Waals surface area (Å²) < 4.78 is 23.8. The SMILES string of the molecule is COc1ccc(C(=O)NNC(=O)c2cc(C)oc2C)c(F)c1. The maximum Gasteiger partial charge on any atom is 0.273 e. The van der Waals surface area contributed by atoms with Gasteiger partial charge in [-0.3, -0.25) is 20.4 Å². The number of carbonyl (C=O) groups excluding carboxylic acids is 2. The predicted molar refractivity (Wildman–Crippen MR) is 76.1 cm³/mol. The van der Waals surface area contributed by atoms with Crippen molar-refractivity contribution >= 4 is 11.8 Å². The number of ether oxygens (including phenoxy) is 1. The molecule has 1 aromatic carbocycles. The first-order valence-electron chi connectivity index (χ1n) is 6.43. The van der Waals surface area contributed by atoms with Crippen LogP contribution in [0.2, 0.25) is 0 Å². The molecule has 1 heterocycles. The lowest BCUT2D eigenvalue weighted by Crippen LogP contribution is -2.42. The zero-order chi connectivity index (χ0) is 16.3. The number of nitrogens with one attached hydrogen (secondary N) is 2. The third-order valence-electron chi connectivity index (χ3n) is 3.00. The number of benzene rings is 1. The summed E-state index contributed by atoms with van der Waals surface area (Å²) in [4.78, 5) is 23.8. The molecule has 0 atom stereocenters. The largest absolute Gasteiger partial charge is 0.497 e. The van der Waals surface area contributed by atoms with E-state index in [9.17, 15) is 14.0 Å². The van der Waals surface area contributed by atoms with Crippen molar-refractivity contribution in [3.05, 3.63) is 52.7 Å². The molecule has 0 spiro atoms. The minimum Gasteiger partial charge on any atom is -0.497 e. The van der Waals surface area contributed by atoms with Crippen molar-refractivity contribution < 1.29 is 23.1 Å². The topological polar surface area (TPSA) is 80.6 Å². The van der Waals surface area contributed by atoms with Gasteiger partial charge >= 0.3 is 0 Å². The number of rotatable bonds is 3. The van der Waals surface area contributed by atoms with Crippen molar-refractivity contribution in [2.75, 3.05) is 7.11 Å². The monoisotopic (exact) mass is 306 g/mol. The van der Waals surface area contributed by atoms with Gasteiger partial charge in [-0.15, -0.1) is 0 Å². The lowest BCUT2D eigenvalue weighted by atomic mass is 10.2. The molecule has 2 N–H and O–H groups in total. The van der Waals surface area contributed by atoms with Gasteiger partial charge in [0.25, 0.3) is 11.8 Å². The number of hydrogen-bond donors (Lipinski definition) is 2. The highest BCUT2D eigenvalue weighted by atomic mass is 19.1. The number of aryl methyl sites for hydroxylation is 2. The Morgan fingerprint density at radius 3 is 2.23 bits per heavy atom. The van der Waals surface area contributed by atoms with Crippen molar-refractivity contribution in [1.29, 1.82) is 0 Å². The standard InChI is InChI=1S/C15H15FN2O4/c1-8-6-12(9(2)22-8)15(20)18-17-14(19)11-5-4-10(21-3)7-13(11)16/h4-7H,1-3H3,(H,17,19)(H,18,20). The molecule has 7 heteroatoms. The third kappa shape index (κ3) is 3.25. The zero-order valence-corrected chi connectivity index (χ0v) is 12.3. The van der Waals surface area contributed by atoms with Gasteiger partial charge in [0.05, 0.1) is 18.2 Å². The second kappa shape index (κ2) is 6.30. The van der Waals surface area contributed by atoms with E-state index in [4.69, 9.17) is 9.15 Å². The summed E-state index contributed by atoms with van der Waals surface area (Å²) in [6.45, 7) is 3.34. The molecule has 0 aliphatic heterocycles. The van der Waals surface area contributed by atoms with E-state index in [0.717, 1.165) is 6.07 Å². The molecular formula is C15H15FN2O4. The highest BCUT2D eigenvalue weighted by Crippen LogP contribution is 2.16. The van der Waals surface area contributed by atoms with Gasteiger partial charge < -0.3 is 9.15 Å². The number of methoxy groups -OCH3 is 1. The molecule has 22 heavy (non-hydrogen) atoms. The van der Waals surface area contributed by atoms with Crippen molar-refractivity contribution in [3.63, 3.8) is 0 Å². The van der Waals surface area contributed by atoms with Crippen LogP contribution in [0.25, 0.3) is 0 Å². The molecule has 0 aliphatic carbocycles. The Hall–Kier alpha value is -2.83. The second-order valence-corrected chi connectivity index (χ2v) is 4.58. The fraction of sp³-hybridized carbons (Fsp3) is 0.200. The van der Waals surface area contributed by atoms with Gasteiger partial charge in [0, 0.05) is 6.07 Å². The molecule has 0 saturated heterocycles. The molecule has 0 aliphatic rings. The van der Waals surface area contributed by atoms with Gasteiger partial charge in [-0.1, -0.05) is 0 Å². The minimum atomic E-state index is -0.772. The average molecular weight is 306 g/mol. The third-order valence-corrected chi connectivity index (χ3v) is 3.00. The summed E-state index contributed by atoms with van der Waals surface area (Å²) in [6, 6.07) is 5.34. The van der Waals surface area contributed by atoms with Crippen LogP contribution in [-0.4, -0.2) is 18.9 Å². The molecule has 0 unspecified atom stereocenters. The first kappa shape index (κ1) is 15.6. The molecule has 6 nitrogen and oxygen atoms in total. The molecule has 0 fully saturated rings. The van der Waals surface area contributed by atoms with Crippen LogP contribution in [0.3, 0.4) is 0 Å².